The lowest BCUT2D eigenvalue weighted by Crippen LogP contribution is -2.40. The minimum Gasteiger partial charge on any atom is -0.477 e. The topological polar surface area (TPSA) is 108 Å². The van der Waals surface area contributed by atoms with Gasteiger partial charge in [-0.25, -0.2) is 4.79 Å². The predicted molar refractivity (Wildman–Crippen MR) is 323 cm³/mol. The highest BCUT2D eigenvalue weighted by molar-refractivity contribution is 5.71. The number of likely N-dealkylation sites (N-methyl/N-ethyl adjacent to an activating group) is 1. The third-order valence-electron chi connectivity index (χ3n) is 15.0. The van der Waals surface area contributed by atoms with Gasteiger partial charge >= 0.3 is 17.9 Å². The third-order valence-corrected chi connectivity index (χ3v) is 15.0. The molecule has 0 aromatic heterocycles. The average molecular weight is 1080 g/mol. The Bertz CT molecular complexity index is 1300. The summed E-state index contributed by atoms with van der Waals surface area (Å²) >= 11 is 0. The second kappa shape index (κ2) is 58.9. The van der Waals surface area contributed by atoms with Gasteiger partial charge in [0.15, 0.2) is 6.10 Å². The lowest BCUT2D eigenvalue weighted by molar-refractivity contribution is -0.870. The predicted octanol–water partition coefficient (Wildman–Crippen LogP) is 19.9. The molecule has 0 aliphatic rings. The number of rotatable bonds is 62. The van der Waals surface area contributed by atoms with E-state index in [-0.39, 0.29) is 38.2 Å². The van der Waals surface area contributed by atoms with Gasteiger partial charge < -0.3 is 28.5 Å². The number of carbonyl (C=O) groups excluding carboxylic acids is 2. The Morgan fingerprint density at radius 1 is 0.395 bits per heavy atom. The molecule has 0 aliphatic heterocycles. The molecule has 0 saturated heterocycles. The number of aliphatic carboxylic acids is 1. The third kappa shape index (κ3) is 59.4. The van der Waals surface area contributed by atoms with Gasteiger partial charge in [-0.05, 0) is 44.9 Å². The number of quaternary nitrogens is 1. The van der Waals surface area contributed by atoms with Gasteiger partial charge in [-0.3, -0.25) is 9.59 Å². The molecule has 0 aliphatic carbocycles. The second-order valence-electron chi connectivity index (χ2n) is 23.8. The highest BCUT2D eigenvalue weighted by Crippen LogP contribution is 2.18. The number of allylic oxidation sites excluding steroid dienone is 4. The number of nitrogens with zero attached hydrogens (tertiary/aromatic N) is 1. The molecule has 0 saturated carbocycles. The maximum atomic E-state index is 12.9. The minimum atomic E-state index is -1.51. The lowest BCUT2D eigenvalue weighted by Gasteiger charge is -2.25. The Balaban J connectivity index is 4.10. The first kappa shape index (κ1) is 73.8. The number of hydrogen-bond acceptors (Lipinski definition) is 7. The van der Waals surface area contributed by atoms with Crippen LogP contribution in [0.2, 0.25) is 0 Å². The van der Waals surface area contributed by atoms with E-state index < -0.39 is 18.4 Å². The van der Waals surface area contributed by atoms with Gasteiger partial charge in [-0.15, -0.1) is 0 Å². The monoisotopic (exact) mass is 1070 g/mol. The number of carboxylic acids is 1. The number of hydrogen-bond donors (Lipinski definition) is 1. The zero-order valence-electron chi connectivity index (χ0n) is 51.2. The zero-order valence-corrected chi connectivity index (χ0v) is 51.2. The van der Waals surface area contributed by atoms with Crippen LogP contribution in [0, 0.1) is 0 Å². The maximum absolute atomic E-state index is 12.9. The molecular weight excluding hydrogens is 947 g/mol. The normalized spacial score (nSPS) is 12.8. The van der Waals surface area contributed by atoms with Crippen LogP contribution in [0.3, 0.4) is 0 Å². The summed E-state index contributed by atoms with van der Waals surface area (Å²) in [6, 6.07) is 0. The number of carboxylic acid groups (broad SMARTS) is 1. The summed E-state index contributed by atoms with van der Waals surface area (Å²) in [5.41, 5.74) is 0. The van der Waals surface area contributed by atoms with Gasteiger partial charge in [0, 0.05) is 12.8 Å². The number of ether oxygens (including phenoxy) is 4. The van der Waals surface area contributed by atoms with Crippen LogP contribution in [0.25, 0.3) is 0 Å². The first-order chi connectivity index (χ1) is 37.1. The van der Waals surface area contributed by atoms with E-state index in [2.05, 4.69) is 38.2 Å². The Labute approximate surface area is 471 Å². The van der Waals surface area contributed by atoms with Gasteiger partial charge in [0.2, 0.25) is 0 Å². The molecule has 0 amide bonds. The van der Waals surface area contributed by atoms with Crippen LogP contribution in [-0.2, 0) is 33.3 Å². The van der Waals surface area contributed by atoms with Crippen molar-refractivity contribution >= 4 is 17.9 Å². The summed E-state index contributed by atoms with van der Waals surface area (Å²) in [6.07, 6.45) is 68.5. The van der Waals surface area contributed by atoms with Crippen molar-refractivity contribution in [3.8, 4) is 0 Å². The largest absolute Gasteiger partial charge is 0.477 e. The van der Waals surface area contributed by atoms with Gasteiger partial charge in [0.05, 0.1) is 34.4 Å². The minimum absolute atomic E-state index is 0.175. The molecule has 0 radical (unpaired) electrons. The van der Waals surface area contributed by atoms with E-state index in [0.717, 1.165) is 44.9 Å². The summed E-state index contributed by atoms with van der Waals surface area (Å²) in [4.78, 5) is 37.5. The number of carbonyl (C=O) groups is 3. The van der Waals surface area contributed by atoms with Crippen LogP contribution in [0.4, 0.5) is 0 Å². The molecule has 0 rings (SSSR count). The van der Waals surface area contributed by atoms with Crippen LogP contribution in [0.15, 0.2) is 24.3 Å². The Kier molecular flexibility index (Phi) is 57.2. The van der Waals surface area contributed by atoms with Gasteiger partial charge in [0.1, 0.15) is 13.2 Å². The summed E-state index contributed by atoms with van der Waals surface area (Å²) in [7, 11) is 5.99. The van der Waals surface area contributed by atoms with E-state index >= 15 is 0 Å². The Morgan fingerprint density at radius 2 is 0.711 bits per heavy atom. The molecule has 448 valence electrons. The zero-order chi connectivity index (χ0) is 55.5. The van der Waals surface area contributed by atoms with Gasteiger partial charge in [0.25, 0.3) is 6.29 Å². The van der Waals surface area contributed by atoms with Gasteiger partial charge in [-0.2, -0.15) is 0 Å². The molecule has 0 aromatic carbocycles. The molecule has 76 heavy (non-hydrogen) atoms. The van der Waals surface area contributed by atoms with Gasteiger partial charge in [-0.1, -0.05) is 295 Å². The highest BCUT2D eigenvalue weighted by Gasteiger charge is 2.25. The molecule has 9 heteroatoms. The molecule has 0 aromatic rings. The fourth-order valence-corrected chi connectivity index (χ4v) is 9.87. The van der Waals surface area contributed by atoms with Crippen molar-refractivity contribution in [1.29, 1.82) is 0 Å². The highest BCUT2D eigenvalue weighted by atomic mass is 16.7. The summed E-state index contributed by atoms with van der Waals surface area (Å²) < 4.78 is 23.0. The maximum Gasteiger partial charge on any atom is 0.361 e. The van der Waals surface area contributed by atoms with E-state index in [1.54, 1.807) is 0 Å². The van der Waals surface area contributed by atoms with Crippen LogP contribution < -0.4 is 0 Å². The molecule has 2 unspecified atom stereocenters. The van der Waals surface area contributed by atoms with Crippen LogP contribution in [-0.4, -0.2) is 87.4 Å². The van der Waals surface area contributed by atoms with E-state index in [1.165, 1.54) is 257 Å². The summed E-state index contributed by atoms with van der Waals surface area (Å²) in [5, 5.41) is 9.73. The summed E-state index contributed by atoms with van der Waals surface area (Å²) in [6.45, 7) is 4.94. The molecule has 1 N–H and O–H groups in total. The van der Waals surface area contributed by atoms with Crippen LogP contribution in [0.5, 0.6) is 0 Å². The molecule has 0 bridgehead atoms. The van der Waals surface area contributed by atoms with E-state index in [9.17, 15) is 19.5 Å². The van der Waals surface area contributed by atoms with Crippen molar-refractivity contribution in [2.75, 3.05) is 47.5 Å². The van der Waals surface area contributed by atoms with Crippen molar-refractivity contribution in [3.05, 3.63) is 24.3 Å². The molecule has 0 heterocycles. The van der Waals surface area contributed by atoms with E-state index in [1.807, 2.05) is 21.1 Å². The standard InChI is InChI=1S/C67H127NO8/c1-6-8-10-12-14-16-18-20-22-24-26-28-30-31-32-33-34-35-36-38-40-42-44-46-48-50-52-54-56-58-65(70)76-63(62-75-67(66(71)72)73-60-59-68(3,4)5)61-74-64(69)57-55-53-51-49-47-45-43-41-39-37-29-27-25-23-21-19-17-15-13-11-9-7-2/h18,20,24,26,63,67H,6-17,19,21-23,25,27-62H2,1-5H3/p+1/b20-18-,26-24-. The number of unbranched alkanes of at least 4 members (excludes halogenated alkanes) is 43. The van der Waals surface area contributed by atoms with Crippen molar-refractivity contribution in [2.24, 2.45) is 0 Å². The van der Waals surface area contributed by atoms with Crippen molar-refractivity contribution in [1.82, 2.24) is 0 Å². The quantitative estimate of drug-likeness (QED) is 0.0211. The molecule has 0 spiro atoms. The summed E-state index contributed by atoms with van der Waals surface area (Å²) in [5.74, 6) is -1.98. The fraction of sp³-hybridized carbons (Fsp3) is 0.896. The average Bonchev–Trinajstić information content (AvgIpc) is 3.39. The van der Waals surface area contributed by atoms with E-state index in [0.29, 0.717) is 17.4 Å². The SMILES string of the molecule is CCCCCCC/C=C\C/C=C\CCCCCCCCCCCCCCCCCCCC(=O)OC(COC(=O)CCCCCCCCCCCCCCCCCCCCCCCC)COC(OCC[N+](C)(C)C)C(=O)O. The Hall–Kier alpha value is -2.23. The lowest BCUT2D eigenvalue weighted by atomic mass is 10.0. The first-order valence-corrected chi connectivity index (χ1v) is 33.0. The van der Waals surface area contributed by atoms with Crippen molar-refractivity contribution in [3.63, 3.8) is 0 Å². The molecule has 9 nitrogen and oxygen atoms in total. The molecule has 0 fully saturated rings. The smallest absolute Gasteiger partial charge is 0.361 e. The van der Waals surface area contributed by atoms with E-state index in [4.69, 9.17) is 18.9 Å². The van der Waals surface area contributed by atoms with Crippen molar-refractivity contribution in [2.45, 2.75) is 341 Å². The molecule has 2 atom stereocenters. The van der Waals surface area contributed by atoms with Crippen molar-refractivity contribution < 1.29 is 42.9 Å². The first-order valence-electron chi connectivity index (χ1n) is 33.0. The fourth-order valence-electron chi connectivity index (χ4n) is 9.87. The Morgan fingerprint density at radius 3 is 1.04 bits per heavy atom. The second-order valence-corrected chi connectivity index (χ2v) is 23.8. The van der Waals surface area contributed by atoms with Crippen LogP contribution in [0.1, 0.15) is 328 Å². The number of esters is 2. The van der Waals surface area contributed by atoms with Crippen LogP contribution >= 0.6 is 0 Å². The molecular formula is C67H128NO8+.